The van der Waals surface area contributed by atoms with Gasteiger partial charge in [-0.1, -0.05) is 15.9 Å². The topological polar surface area (TPSA) is 92.8 Å². The molecule has 0 unspecified atom stereocenters. The second-order valence-corrected chi connectivity index (χ2v) is 9.52. The van der Waals surface area contributed by atoms with Gasteiger partial charge in [-0.15, -0.1) is 0 Å². The molecule has 0 saturated carbocycles. The van der Waals surface area contributed by atoms with Crippen LogP contribution in [0, 0.1) is 5.82 Å². The van der Waals surface area contributed by atoms with E-state index in [0.717, 1.165) is 6.26 Å². The highest BCUT2D eigenvalue weighted by molar-refractivity contribution is 9.10. The van der Waals surface area contributed by atoms with E-state index in [0.29, 0.717) is 4.47 Å². The van der Waals surface area contributed by atoms with Gasteiger partial charge in [0, 0.05) is 36.0 Å². The lowest BCUT2D eigenvalue weighted by Crippen LogP contribution is -2.49. The molecule has 0 aliphatic carbocycles. The molecular formula is C17H18BrFN2O5S. The highest BCUT2D eigenvalue weighted by Gasteiger charge is 2.51. The maximum atomic E-state index is 14.1. The highest BCUT2D eigenvalue weighted by Crippen LogP contribution is 2.42. The lowest BCUT2D eigenvalue weighted by atomic mass is 9.83. The molecule has 1 aromatic rings. The summed E-state index contributed by atoms with van der Waals surface area (Å²) in [6, 6.07) is 4.20. The monoisotopic (exact) mass is 460 g/mol. The van der Waals surface area contributed by atoms with Gasteiger partial charge < -0.3 is 10.1 Å². The Bertz CT molecular complexity index is 952. The smallest absolute Gasteiger partial charge is 0.335 e. The number of nitrogens with zero attached hydrogens (tertiary/aromatic N) is 1. The molecule has 7 nitrogen and oxygen atoms in total. The molecule has 1 N–H and O–H groups in total. The standard InChI is InChI=1S/C17H18BrFN2O5S/c1-10-14(15(22)20-13-4-3-11(18)9-12(13)19)17(26-16(10)23)5-7-21(8-6-17)27(2,24)25/h3-4,9H,5-8H2,1-2H3,(H,20,22). The molecule has 1 saturated heterocycles. The van der Waals surface area contributed by atoms with Crippen LogP contribution >= 0.6 is 15.9 Å². The number of esters is 1. The summed E-state index contributed by atoms with van der Waals surface area (Å²) in [4.78, 5) is 25.0. The van der Waals surface area contributed by atoms with E-state index in [1.54, 1.807) is 6.07 Å². The first-order valence-electron chi connectivity index (χ1n) is 8.20. The molecule has 2 heterocycles. The van der Waals surface area contributed by atoms with Crippen LogP contribution in [-0.4, -0.2) is 49.5 Å². The van der Waals surface area contributed by atoms with Crippen LogP contribution in [0.25, 0.3) is 0 Å². The number of amides is 1. The molecule has 27 heavy (non-hydrogen) atoms. The third-order valence-electron chi connectivity index (χ3n) is 4.83. The van der Waals surface area contributed by atoms with E-state index in [9.17, 15) is 22.4 Å². The lowest BCUT2D eigenvalue weighted by Gasteiger charge is -2.38. The van der Waals surface area contributed by atoms with E-state index in [4.69, 9.17) is 4.74 Å². The Hall–Kier alpha value is -1.78. The molecule has 2 aliphatic rings. The number of rotatable bonds is 3. The Kier molecular flexibility index (Phi) is 5.17. The van der Waals surface area contributed by atoms with Gasteiger partial charge in [0.2, 0.25) is 10.0 Å². The summed E-state index contributed by atoms with van der Waals surface area (Å²) in [5.41, 5.74) is -0.939. The Balaban J connectivity index is 1.87. The fourth-order valence-electron chi connectivity index (χ4n) is 3.43. The van der Waals surface area contributed by atoms with Gasteiger partial charge in [0.1, 0.15) is 11.4 Å². The lowest BCUT2D eigenvalue weighted by molar-refractivity contribution is -0.149. The summed E-state index contributed by atoms with van der Waals surface area (Å²) < 4.78 is 44.8. The summed E-state index contributed by atoms with van der Waals surface area (Å²) in [5.74, 6) is -1.88. The Morgan fingerprint density at radius 3 is 2.52 bits per heavy atom. The molecule has 0 bridgehead atoms. The number of ether oxygens (including phenoxy) is 1. The molecule has 1 spiro atoms. The normalized spacial score (nSPS) is 20.1. The van der Waals surface area contributed by atoms with Crippen molar-refractivity contribution in [1.29, 1.82) is 0 Å². The second kappa shape index (κ2) is 6.99. The summed E-state index contributed by atoms with van der Waals surface area (Å²) in [7, 11) is -3.37. The number of piperidine rings is 1. The number of carbonyl (C=O) groups is 2. The maximum Gasteiger partial charge on any atom is 0.335 e. The number of nitrogens with one attached hydrogen (secondary N) is 1. The van der Waals surface area contributed by atoms with Crippen LogP contribution < -0.4 is 5.32 Å². The number of hydrogen-bond acceptors (Lipinski definition) is 5. The first-order chi connectivity index (χ1) is 12.5. The quantitative estimate of drug-likeness (QED) is 0.697. The molecule has 10 heteroatoms. The fourth-order valence-corrected chi connectivity index (χ4v) is 4.61. The zero-order chi connectivity index (χ0) is 20.0. The second-order valence-electron chi connectivity index (χ2n) is 6.62. The van der Waals surface area contributed by atoms with E-state index in [2.05, 4.69) is 21.2 Å². The Morgan fingerprint density at radius 2 is 1.96 bits per heavy atom. The SMILES string of the molecule is CC1=C(C(=O)Nc2ccc(Br)cc2F)C2(CCN(S(C)(=O)=O)CC2)OC1=O. The van der Waals surface area contributed by atoms with Crippen molar-refractivity contribution >= 4 is 43.5 Å². The first kappa shape index (κ1) is 20.0. The number of halogens is 2. The molecule has 1 amide bonds. The largest absolute Gasteiger partial charge is 0.450 e. The Morgan fingerprint density at radius 1 is 1.33 bits per heavy atom. The number of anilines is 1. The van der Waals surface area contributed by atoms with Gasteiger partial charge in [-0.3, -0.25) is 4.79 Å². The van der Waals surface area contributed by atoms with E-state index in [1.165, 1.54) is 23.4 Å². The van der Waals surface area contributed by atoms with Gasteiger partial charge in [0.05, 0.1) is 17.5 Å². The Labute approximate surface area is 164 Å². The van der Waals surface area contributed by atoms with Crippen molar-refractivity contribution in [1.82, 2.24) is 4.31 Å². The number of hydrogen-bond donors (Lipinski definition) is 1. The predicted octanol–water partition coefficient (Wildman–Crippen LogP) is 2.19. The average molecular weight is 461 g/mol. The molecule has 0 aromatic heterocycles. The van der Waals surface area contributed by atoms with Crippen LogP contribution in [0.3, 0.4) is 0 Å². The van der Waals surface area contributed by atoms with E-state index >= 15 is 0 Å². The molecule has 1 fully saturated rings. The van der Waals surface area contributed by atoms with Crippen LogP contribution in [0.15, 0.2) is 33.8 Å². The van der Waals surface area contributed by atoms with Crippen molar-refractivity contribution < 1.29 is 27.1 Å². The minimum atomic E-state index is -3.37. The van der Waals surface area contributed by atoms with E-state index in [-0.39, 0.29) is 42.8 Å². The summed E-state index contributed by atoms with van der Waals surface area (Å²) in [5, 5.41) is 2.49. The van der Waals surface area contributed by atoms with Gasteiger partial charge in [-0.2, -0.15) is 0 Å². The maximum absolute atomic E-state index is 14.1. The van der Waals surface area contributed by atoms with Crippen LogP contribution in [0.1, 0.15) is 19.8 Å². The summed E-state index contributed by atoms with van der Waals surface area (Å²) in [6.07, 6.45) is 1.43. The molecule has 1 aromatic carbocycles. The molecule has 0 atom stereocenters. The van der Waals surface area contributed by atoms with Gasteiger partial charge in [0.15, 0.2) is 0 Å². The van der Waals surface area contributed by atoms with E-state index in [1.807, 2.05) is 0 Å². The van der Waals surface area contributed by atoms with Crippen molar-refractivity contribution in [2.75, 3.05) is 24.7 Å². The average Bonchev–Trinajstić information content (AvgIpc) is 2.80. The van der Waals surface area contributed by atoms with Gasteiger partial charge in [-0.25, -0.2) is 21.9 Å². The minimum absolute atomic E-state index is 0.0217. The minimum Gasteiger partial charge on any atom is -0.450 e. The zero-order valence-electron chi connectivity index (χ0n) is 14.7. The third-order valence-corrected chi connectivity index (χ3v) is 6.63. The molecule has 2 aliphatic heterocycles. The molecule has 3 rings (SSSR count). The van der Waals surface area contributed by atoms with Crippen molar-refractivity contribution in [2.24, 2.45) is 0 Å². The number of benzene rings is 1. The van der Waals surface area contributed by atoms with Crippen molar-refractivity contribution in [3.63, 3.8) is 0 Å². The van der Waals surface area contributed by atoms with Crippen LogP contribution in [0.4, 0.5) is 10.1 Å². The van der Waals surface area contributed by atoms with Gasteiger partial charge >= 0.3 is 5.97 Å². The summed E-state index contributed by atoms with van der Waals surface area (Å²) in [6.45, 7) is 1.73. The van der Waals surface area contributed by atoms with Crippen LogP contribution in [-0.2, 0) is 24.3 Å². The molecule has 146 valence electrons. The summed E-state index contributed by atoms with van der Waals surface area (Å²) >= 11 is 3.14. The number of carbonyl (C=O) groups excluding carboxylic acids is 2. The van der Waals surface area contributed by atoms with Gasteiger partial charge in [0.25, 0.3) is 5.91 Å². The fraction of sp³-hybridized carbons (Fsp3) is 0.412. The van der Waals surface area contributed by atoms with Crippen molar-refractivity contribution in [3.05, 3.63) is 39.6 Å². The third kappa shape index (κ3) is 3.78. The molecular weight excluding hydrogens is 443 g/mol. The highest BCUT2D eigenvalue weighted by atomic mass is 79.9. The first-order valence-corrected chi connectivity index (χ1v) is 10.8. The van der Waals surface area contributed by atoms with Crippen molar-refractivity contribution in [2.45, 2.75) is 25.4 Å². The van der Waals surface area contributed by atoms with E-state index < -0.39 is 33.3 Å². The molecule has 0 radical (unpaired) electrons. The predicted molar refractivity (Wildman–Crippen MR) is 99.9 cm³/mol. The zero-order valence-corrected chi connectivity index (χ0v) is 17.1. The van der Waals surface area contributed by atoms with Crippen LogP contribution in [0.2, 0.25) is 0 Å². The van der Waals surface area contributed by atoms with Gasteiger partial charge in [-0.05, 0) is 25.1 Å². The van der Waals surface area contributed by atoms with Crippen molar-refractivity contribution in [3.8, 4) is 0 Å². The number of sulfonamides is 1. The van der Waals surface area contributed by atoms with Crippen LogP contribution in [0.5, 0.6) is 0 Å².